The topological polar surface area (TPSA) is 18.5 Å². The van der Waals surface area contributed by atoms with Gasteiger partial charge in [0.2, 0.25) is 0 Å². The lowest BCUT2D eigenvalue weighted by atomic mass is 9.53. The van der Waals surface area contributed by atoms with E-state index in [-0.39, 0.29) is 0 Å². The van der Waals surface area contributed by atoms with Crippen molar-refractivity contribution in [1.82, 2.24) is 0 Å². The van der Waals surface area contributed by atoms with Crippen LogP contribution in [0, 0.1) is 0 Å². The number of halogens is 3. The largest absolute Gasteiger partial charge is 0.471 e. The van der Waals surface area contributed by atoms with Gasteiger partial charge in [-0.3, -0.25) is 0 Å². The quantitative estimate of drug-likeness (QED) is 0.174. The van der Waals surface area contributed by atoms with Gasteiger partial charge in [-0.1, -0.05) is 95.5 Å². The summed E-state index contributed by atoms with van der Waals surface area (Å²) in [5.41, 5.74) is 8.53. The first-order valence-electron chi connectivity index (χ1n) is 11.4. The molecule has 2 aromatic heterocycles. The fourth-order valence-corrected chi connectivity index (χ4v) is 8.24. The minimum Gasteiger partial charge on any atom is -0.471 e. The van der Waals surface area contributed by atoms with Crippen molar-refractivity contribution in [2.45, 2.75) is 15.5 Å². The van der Waals surface area contributed by atoms with Crippen LogP contribution in [-0.4, -0.2) is 4.30 Å². The summed E-state index contributed by atoms with van der Waals surface area (Å²) in [7, 11) is 0. The molecule has 3 aromatic carbocycles. The molecule has 2 nitrogen and oxygen atoms in total. The molecule has 2 spiro atoms. The maximum absolute atomic E-state index is 7.10. The van der Waals surface area contributed by atoms with Crippen molar-refractivity contribution < 1.29 is 9.47 Å². The number of hydrogen-bond acceptors (Lipinski definition) is 4. The Labute approximate surface area is 230 Å². The molecule has 7 heteroatoms. The predicted octanol–water partition coefficient (Wildman–Crippen LogP) is 9.13. The standard InChI is InChI=1S/C28H14O2S2.CHCl3/c1-2-6-18-17(5-1)27-19-7-3-4-8-20(19)28(18)24-16(26-22(30-28)12-14-32-26)10-9-15(23(24)27)25-21(29-27)11-13-31-25;2-1(3)4/h1-14H;1H. The van der Waals surface area contributed by atoms with E-state index in [1.54, 1.807) is 22.7 Å². The highest BCUT2D eigenvalue weighted by Gasteiger charge is 2.66. The van der Waals surface area contributed by atoms with Crippen LogP contribution >= 0.6 is 57.5 Å². The molecule has 36 heavy (non-hydrogen) atoms. The molecule has 0 saturated heterocycles. The summed E-state index contributed by atoms with van der Waals surface area (Å²) >= 11 is 17.9. The van der Waals surface area contributed by atoms with Gasteiger partial charge in [-0.2, -0.15) is 0 Å². The molecule has 0 amide bonds. The van der Waals surface area contributed by atoms with Crippen molar-refractivity contribution in [3.63, 3.8) is 0 Å². The summed E-state index contributed by atoms with van der Waals surface area (Å²) in [5, 5.41) is 4.28. The van der Waals surface area contributed by atoms with Crippen molar-refractivity contribution in [3.8, 4) is 32.4 Å². The molecule has 0 unspecified atom stereocenters. The summed E-state index contributed by atoms with van der Waals surface area (Å²) in [6.45, 7) is 0. The van der Waals surface area contributed by atoms with Crippen LogP contribution in [0.1, 0.15) is 33.4 Å². The highest BCUT2D eigenvalue weighted by atomic mass is 35.6. The summed E-state index contributed by atoms with van der Waals surface area (Å²) in [5.74, 6) is 1.94. The van der Waals surface area contributed by atoms with E-state index in [0.717, 1.165) is 11.5 Å². The number of alkyl halides is 3. The number of hydrogen-bond donors (Lipinski definition) is 0. The third kappa shape index (κ3) is 2.41. The number of rotatable bonds is 0. The Balaban J connectivity index is 0.000000482. The molecule has 0 radical (unpaired) electrons. The molecule has 0 saturated carbocycles. The summed E-state index contributed by atoms with van der Waals surface area (Å²) in [4.78, 5) is 2.42. The maximum atomic E-state index is 7.10. The number of ether oxygens (including phenoxy) is 2. The molecule has 2 bridgehead atoms. The predicted molar refractivity (Wildman–Crippen MR) is 148 cm³/mol. The highest BCUT2D eigenvalue weighted by Crippen LogP contribution is 2.70. The Morgan fingerprint density at radius 3 is 1.28 bits per heavy atom. The number of thiophene rings is 2. The van der Waals surface area contributed by atoms with Gasteiger partial charge in [0, 0.05) is 44.5 Å². The minimum atomic E-state index is -0.750. The number of fused-ring (bicyclic) bond motifs is 4. The Kier molecular flexibility index (Phi) is 4.38. The fourth-order valence-electron chi connectivity index (χ4n) is 6.54. The lowest BCUT2D eigenvalue weighted by Gasteiger charge is -2.58. The molecule has 3 aliphatic carbocycles. The first-order valence-corrected chi connectivity index (χ1v) is 14.5. The van der Waals surface area contributed by atoms with Gasteiger partial charge >= 0.3 is 0 Å². The molecule has 0 atom stereocenters. The third-order valence-corrected chi connectivity index (χ3v) is 9.41. The first kappa shape index (κ1) is 21.6. The van der Waals surface area contributed by atoms with Crippen LogP contribution < -0.4 is 9.47 Å². The Hall–Kier alpha value is -2.47. The molecule has 5 aromatic rings. The van der Waals surface area contributed by atoms with Crippen molar-refractivity contribution >= 4 is 57.5 Å². The SMILES string of the molecule is ClC(Cl)Cl.c1ccc2c(c1)C13Oc4ccsc4-c4ccc5c(c41)C2(Oc1ccsc1-5)c1ccccc13. The molecule has 0 fully saturated rings. The smallest absolute Gasteiger partial charge is 0.186 e. The summed E-state index contributed by atoms with van der Waals surface area (Å²) in [6, 6.07) is 26.3. The van der Waals surface area contributed by atoms with Crippen molar-refractivity contribution in [2.75, 3.05) is 0 Å². The third-order valence-electron chi connectivity index (χ3n) is 7.55. The van der Waals surface area contributed by atoms with Gasteiger partial charge in [0.1, 0.15) is 11.5 Å². The summed E-state index contributed by atoms with van der Waals surface area (Å²) in [6.07, 6.45) is 0. The van der Waals surface area contributed by atoms with Gasteiger partial charge < -0.3 is 9.47 Å². The zero-order valence-electron chi connectivity index (χ0n) is 18.4. The van der Waals surface area contributed by atoms with Crippen LogP contribution in [0.3, 0.4) is 0 Å². The van der Waals surface area contributed by atoms with E-state index in [4.69, 9.17) is 44.3 Å². The Morgan fingerprint density at radius 2 is 0.917 bits per heavy atom. The van der Waals surface area contributed by atoms with Gasteiger partial charge in [0.15, 0.2) is 15.5 Å². The maximum Gasteiger partial charge on any atom is 0.186 e. The van der Waals surface area contributed by atoms with E-state index in [2.05, 4.69) is 83.6 Å². The van der Waals surface area contributed by atoms with Crippen LogP contribution in [0.5, 0.6) is 11.5 Å². The minimum absolute atomic E-state index is 0.665. The normalized spacial score (nSPS) is 22.1. The van der Waals surface area contributed by atoms with Gasteiger partial charge in [0.05, 0.1) is 9.75 Å². The summed E-state index contributed by atoms with van der Waals surface area (Å²) < 4.78 is 13.5. The van der Waals surface area contributed by atoms with Crippen LogP contribution in [0.2, 0.25) is 0 Å². The van der Waals surface area contributed by atoms with Gasteiger partial charge in [-0.25, -0.2) is 0 Å². The average molecular weight is 566 g/mol. The van der Waals surface area contributed by atoms with Crippen LogP contribution in [-0.2, 0) is 11.2 Å². The van der Waals surface area contributed by atoms with Gasteiger partial charge in [-0.05, 0) is 22.9 Å². The lowest BCUT2D eigenvalue weighted by Crippen LogP contribution is -2.57. The molecule has 0 N–H and O–H groups in total. The molecule has 5 aliphatic rings. The zero-order chi connectivity index (χ0) is 24.2. The van der Waals surface area contributed by atoms with Crippen molar-refractivity contribution in [2.24, 2.45) is 0 Å². The van der Waals surface area contributed by atoms with E-state index in [9.17, 15) is 0 Å². The second kappa shape index (κ2) is 7.31. The molecule has 4 heterocycles. The lowest BCUT2D eigenvalue weighted by molar-refractivity contribution is 0.0765. The van der Waals surface area contributed by atoms with Crippen LogP contribution in [0.4, 0.5) is 0 Å². The van der Waals surface area contributed by atoms with Crippen molar-refractivity contribution in [1.29, 1.82) is 0 Å². The second-order valence-electron chi connectivity index (χ2n) is 9.04. The van der Waals surface area contributed by atoms with Gasteiger partial charge in [-0.15, -0.1) is 22.7 Å². The van der Waals surface area contributed by atoms with Crippen molar-refractivity contribution in [3.05, 3.63) is 117 Å². The first-order chi connectivity index (χ1) is 17.6. The Bertz CT molecular complexity index is 1550. The highest BCUT2D eigenvalue weighted by molar-refractivity contribution is 7.14. The average Bonchev–Trinajstić information content (AvgIpc) is 3.56. The number of benzene rings is 3. The van der Waals surface area contributed by atoms with Crippen LogP contribution in [0.25, 0.3) is 20.9 Å². The zero-order valence-corrected chi connectivity index (χ0v) is 22.3. The van der Waals surface area contributed by atoms with E-state index in [1.165, 1.54) is 54.3 Å². The van der Waals surface area contributed by atoms with E-state index < -0.39 is 15.5 Å². The van der Waals surface area contributed by atoms with E-state index in [0.29, 0.717) is 0 Å². The monoisotopic (exact) mass is 564 g/mol. The van der Waals surface area contributed by atoms with Crippen LogP contribution in [0.15, 0.2) is 83.6 Å². The molecule has 2 aliphatic heterocycles. The Morgan fingerprint density at radius 1 is 0.556 bits per heavy atom. The van der Waals surface area contributed by atoms with E-state index in [1.807, 2.05) is 0 Å². The molecular formula is C29H15Cl3O2S2. The molecule has 176 valence electrons. The second-order valence-corrected chi connectivity index (χ2v) is 12.9. The molecule has 10 rings (SSSR count). The van der Waals surface area contributed by atoms with Gasteiger partial charge in [0.25, 0.3) is 0 Å². The van der Waals surface area contributed by atoms with E-state index >= 15 is 0 Å². The molecular weight excluding hydrogens is 551 g/mol. The fraction of sp³-hybridized carbons (Fsp3) is 0.103.